The Morgan fingerprint density at radius 3 is 2.71 bits per heavy atom. The molecule has 0 aromatic rings. The predicted molar refractivity (Wildman–Crippen MR) is 31.2 cm³/mol. The van der Waals surface area contributed by atoms with E-state index in [-0.39, 0.29) is 11.2 Å². The zero-order valence-corrected chi connectivity index (χ0v) is 5.09. The van der Waals surface area contributed by atoms with E-state index >= 15 is 0 Å². The average molecular weight is 136 g/mol. The zero-order chi connectivity index (χ0) is 5.28. The number of hydrogen-bond acceptors (Lipinski definition) is 2. The fourth-order valence-corrected chi connectivity index (χ4v) is 0.851. The van der Waals surface area contributed by atoms with Crippen molar-refractivity contribution in [3.63, 3.8) is 0 Å². The Balaban J connectivity index is 2.37. The van der Waals surface area contributed by atoms with Gasteiger partial charge in [-0.25, -0.2) is 0 Å². The molecule has 0 radical (unpaired) electrons. The second-order valence-electron chi connectivity index (χ2n) is 1.24. The highest BCUT2D eigenvalue weighted by atomic mass is 32.2. The SMILES string of the molecule is OC(=[O+][S-])C1CS1. The molecule has 0 aromatic carbocycles. The number of aliphatic carboxylic acids is 1. The molecule has 0 amide bonds. The number of carboxylic acids is 1. The Morgan fingerprint density at radius 2 is 2.57 bits per heavy atom. The van der Waals surface area contributed by atoms with Crippen LogP contribution in [0, 0.1) is 0 Å². The quantitative estimate of drug-likeness (QED) is 0.317. The summed E-state index contributed by atoms with van der Waals surface area (Å²) in [4.78, 5) is 0. The lowest BCUT2D eigenvalue weighted by atomic mass is 10.5. The van der Waals surface area contributed by atoms with Gasteiger partial charge in [-0.05, 0) is 0 Å². The van der Waals surface area contributed by atoms with E-state index in [1.807, 2.05) is 0 Å². The van der Waals surface area contributed by atoms with Crippen LogP contribution in [0.3, 0.4) is 0 Å². The summed E-state index contributed by atoms with van der Waals surface area (Å²) in [6.07, 6.45) is 0. The topological polar surface area (TPSA) is 31.5 Å². The predicted octanol–water partition coefficient (Wildman–Crippen LogP) is 0.184. The second-order valence-corrected chi connectivity index (χ2v) is 2.65. The van der Waals surface area contributed by atoms with Crippen LogP contribution in [-0.4, -0.2) is 22.1 Å². The van der Waals surface area contributed by atoms with Crippen LogP contribution < -0.4 is 0 Å². The van der Waals surface area contributed by atoms with E-state index in [4.69, 9.17) is 5.11 Å². The maximum absolute atomic E-state index is 8.57. The Hall–Kier alpha value is 0.0400. The molecule has 0 aliphatic carbocycles. The minimum absolute atomic E-state index is 0.0139. The van der Waals surface area contributed by atoms with Crippen LogP contribution in [0.1, 0.15) is 0 Å². The Morgan fingerprint density at radius 1 is 2.00 bits per heavy atom. The van der Waals surface area contributed by atoms with Gasteiger partial charge in [0.1, 0.15) is 0 Å². The average Bonchev–Trinajstić information content (AvgIpc) is 2.44. The number of hydrogen-bond donors (Lipinski definition) is 1. The number of aliphatic hydroxyl groups excluding tert-OH is 1. The molecular weight excluding hydrogens is 132 g/mol. The summed E-state index contributed by atoms with van der Waals surface area (Å²) < 4.78 is 4.11. The lowest BCUT2D eigenvalue weighted by Gasteiger charge is -1.79. The smallest absolute Gasteiger partial charge is 0.433 e. The highest BCUT2D eigenvalue weighted by molar-refractivity contribution is 8.07. The molecule has 0 spiro atoms. The van der Waals surface area contributed by atoms with Crippen LogP contribution in [0.4, 0.5) is 0 Å². The number of rotatable bonds is 1. The minimum Gasteiger partial charge on any atom is -0.433 e. The summed E-state index contributed by atoms with van der Waals surface area (Å²) >= 11 is 5.71. The van der Waals surface area contributed by atoms with E-state index in [0.717, 1.165) is 5.75 Å². The molecule has 0 saturated carbocycles. The molecular formula is C3H4O2S2. The largest absolute Gasteiger partial charge is 0.480 e. The summed E-state index contributed by atoms with van der Waals surface area (Å²) in [7, 11) is 0. The Kier molecular flexibility index (Phi) is 1.39. The summed E-state index contributed by atoms with van der Waals surface area (Å²) in [6.45, 7) is 0. The van der Waals surface area contributed by atoms with Gasteiger partial charge < -0.3 is 21.9 Å². The van der Waals surface area contributed by atoms with Crippen LogP contribution in [0.5, 0.6) is 0 Å². The van der Waals surface area contributed by atoms with Crippen molar-refractivity contribution < 1.29 is 8.98 Å². The maximum atomic E-state index is 8.57. The van der Waals surface area contributed by atoms with Crippen LogP contribution in [0.2, 0.25) is 0 Å². The van der Waals surface area contributed by atoms with Crippen LogP contribution >= 0.6 is 11.8 Å². The number of thioether (sulfide) groups is 1. The molecule has 0 aromatic heterocycles. The molecule has 0 bridgehead atoms. The fourth-order valence-electron chi connectivity index (χ4n) is 0.244. The lowest BCUT2D eigenvalue weighted by Crippen LogP contribution is -2.04. The van der Waals surface area contributed by atoms with E-state index in [9.17, 15) is 0 Å². The monoisotopic (exact) mass is 136 g/mol. The summed E-state index contributed by atoms with van der Waals surface area (Å²) in [5.41, 5.74) is 0. The van der Waals surface area contributed by atoms with Crippen molar-refractivity contribution in [2.75, 3.05) is 5.75 Å². The molecule has 1 atom stereocenters. The van der Waals surface area contributed by atoms with E-state index in [1.54, 1.807) is 11.8 Å². The molecule has 1 heterocycles. The van der Waals surface area contributed by atoms with Gasteiger partial charge in [-0.1, -0.05) is 0 Å². The normalized spacial score (nSPS) is 30.3. The van der Waals surface area contributed by atoms with Crippen LogP contribution in [0.15, 0.2) is 0 Å². The molecule has 1 N–H and O–H groups in total. The second kappa shape index (κ2) is 1.88. The highest BCUT2D eigenvalue weighted by Gasteiger charge is 2.36. The van der Waals surface area contributed by atoms with Crippen molar-refractivity contribution in [3.8, 4) is 0 Å². The Labute approximate surface area is 51.2 Å². The van der Waals surface area contributed by atoms with E-state index in [2.05, 4.69) is 16.8 Å². The molecule has 1 aliphatic heterocycles. The van der Waals surface area contributed by atoms with Gasteiger partial charge in [0, 0.05) is 5.75 Å². The first-order chi connectivity index (χ1) is 3.34. The van der Waals surface area contributed by atoms with Crippen molar-refractivity contribution in [3.05, 3.63) is 0 Å². The van der Waals surface area contributed by atoms with Gasteiger partial charge in [-0.2, -0.15) is 0 Å². The van der Waals surface area contributed by atoms with Crippen molar-refractivity contribution in [2.45, 2.75) is 5.25 Å². The molecule has 1 unspecified atom stereocenters. The van der Waals surface area contributed by atoms with Crippen LogP contribution in [0.25, 0.3) is 0 Å². The third-order valence-electron chi connectivity index (χ3n) is 0.694. The third kappa shape index (κ3) is 1.21. The maximum Gasteiger partial charge on any atom is 0.480 e. The van der Waals surface area contributed by atoms with Crippen molar-refractivity contribution >= 4 is 30.6 Å². The van der Waals surface area contributed by atoms with Crippen LogP contribution in [-0.2, 0) is 16.8 Å². The standard InChI is InChI=1S/C3H4O2S2/c4-3(5-6)2-1-7-2/h2,4H,1H2. The summed E-state index contributed by atoms with van der Waals surface area (Å²) in [6, 6.07) is 0. The highest BCUT2D eigenvalue weighted by Crippen LogP contribution is 2.29. The van der Waals surface area contributed by atoms with E-state index in [0.29, 0.717) is 0 Å². The molecule has 7 heavy (non-hydrogen) atoms. The molecule has 1 rings (SSSR count). The number of carboxylic acid groups (broad SMARTS) is 1. The first-order valence-corrected chi connectivity index (χ1v) is 3.20. The van der Waals surface area contributed by atoms with Crippen molar-refractivity contribution in [1.82, 2.24) is 0 Å². The van der Waals surface area contributed by atoms with E-state index < -0.39 is 0 Å². The first-order valence-electron chi connectivity index (χ1n) is 1.82. The first kappa shape index (κ1) is 5.18. The molecule has 1 aliphatic rings. The van der Waals surface area contributed by atoms with Crippen molar-refractivity contribution in [1.29, 1.82) is 0 Å². The summed E-state index contributed by atoms with van der Waals surface area (Å²) in [5, 5.41) is 8.75. The van der Waals surface area contributed by atoms with Gasteiger partial charge in [0.15, 0.2) is 5.25 Å². The minimum atomic E-state index is -0.0139. The molecule has 2 nitrogen and oxygen atoms in total. The Bertz CT molecular complexity index is 97.1. The van der Waals surface area contributed by atoms with Gasteiger partial charge in [0.25, 0.3) is 0 Å². The zero-order valence-electron chi connectivity index (χ0n) is 3.46. The van der Waals surface area contributed by atoms with Crippen molar-refractivity contribution in [2.24, 2.45) is 0 Å². The summed E-state index contributed by atoms with van der Waals surface area (Å²) in [5.74, 6) is 0.933. The molecule has 1 saturated heterocycles. The van der Waals surface area contributed by atoms with E-state index in [1.165, 1.54) is 0 Å². The van der Waals surface area contributed by atoms with Gasteiger partial charge in [0.05, 0.1) is 0 Å². The van der Waals surface area contributed by atoms with Gasteiger partial charge in [0.2, 0.25) is 0 Å². The fraction of sp³-hybridized carbons (Fsp3) is 0.667. The molecule has 40 valence electrons. The third-order valence-corrected chi connectivity index (χ3v) is 1.73. The van der Waals surface area contributed by atoms with Gasteiger partial charge in [-0.15, -0.1) is 11.8 Å². The molecule has 1 fully saturated rings. The van der Waals surface area contributed by atoms with Gasteiger partial charge in [-0.3, -0.25) is 0 Å². The van der Waals surface area contributed by atoms with Gasteiger partial charge >= 0.3 is 5.97 Å². The lowest BCUT2D eigenvalue weighted by molar-refractivity contribution is -0.257. The molecule has 4 heteroatoms.